The Morgan fingerprint density at radius 3 is 2.37 bits per heavy atom. The van der Waals surface area contributed by atoms with E-state index in [0.717, 1.165) is 10.9 Å². The molecule has 1 unspecified atom stereocenters. The number of benzene rings is 1. The highest BCUT2D eigenvalue weighted by molar-refractivity contribution is 8.76. The van der Waals surface area contributed by atoms with Crippen LogP contribution in [0.15, 0.2) is 35.5 Å². The van der Waals surface area contributed by atoms with Crippen molar-refractivity contribution in [3.05, 3.63) is 36.0 Å². The lowest BCUT2D eigenvalue weighted by atomic mass is 10.0. The zero-order valence-corrected chi connectivity index (χ0v) is 32.8. The molecule has 1 aromatic heterocycles. The maximum Gasteiger partial charge on any atom is 0.305 e. The number of carboxylic acids is 1. The first-order valence-corrected chi connectivity index (χ1v) is 20.9. The van der Waals surface area contributed by atoms with Crippen LogP contribution in [0.3, 0.4) is 0 Å². The molecule has 5 atom stereocenters. The molecule has 310 valence electrons. The van der Waals surface area contributed by atoms with Crippen LogP contribution in [0.1, 0.15) is 50.5 Å². The number of carboxylic acid groups (broad SMARTS) is 1. The number of rotatable bonds is 10. The summed E-state index contributed by atoms with van der Waals surface area (Å²) in [6.07, 6.45) is 2.48. The molecule has 2 fully saturated rings. The van der Waals surface area contributed by atoms with Gasteiger partial charge in [-0.3, -0.25) is 43.3 Å². The van der Waals surface area contributed by atoms with Crippen molar-refractivity contribution < 1.29 is 43.5 Å². The monoisotopic (exact) mass is 831 g/mol. The summed E-state index contributed by atoms with van der Waals surface area (Å²) < 4.78 is 0. The van der Waals surface area contributed by atoms with E-state index in [0.29, 0.717) is 24.8 Å². The number of fused-ring (bicyclic) bond motifs is 2. The van der Waals surface area contributed by atoms with Gasteiger partial charge < -0.3 is 58.8 Å². The van der Waals surface area contributed by atoms with E-state index in [1.54, 1.807) is 12.3 Å². The van der Waals surface area contributed by atoms with Crippen LogP contribution < -0.4 is 43.8 Å². The van der Waals surface area contributed by atoms with E-state index in [9.17, 15) is 43.5 Å². The molecule has 0 spiro atoms. The van der Waals surface area contributed by atoms with Gasteiger partial charge in [-0.1, -0.05) is 39.8 Å². The summed E-state index contributed by atoms with van der Waals surface area (Å²) in [5.41, 5.74) is 17.8. The Kier molecular flexibility index (Phi) is 16.8. The number of aliphatic imine (C=N–C) groups is 1. The minimum atomic E-state index is -1.68. The predicted octanol–water partition coefficient (Wildman–Crippen LogP) is -2.05. The number of aliphatic carboxylic acids is 1. The molecular weight excluding hydrogens is 783 g/mol. The lowest BCUT2D eigenvalue weighted by Crippen LogP contribution is -2.59. The molecule has 0 aliphatic carbocycles. The fourth-order valence-corrected chi connectivity index (χ4v) is 8.56. The third-order valence-corrected chi connectivity index (χ3v) is 11.7. The number of para-hydroxylation sites is 1. The molecule has 57 heavy (non-hydrogen) atoms. The van der Waals surface area contributed by atoms with Crippen molar-refractivity contribution in [2.45, 2.75) is 81.6 Å². The minimum absolute atomic E-state index is 0.0195. The number of primary amides is 1. The normalized spacial score (nSPS) is 23.6. The van der Waals surface area contributed by atoms with Crippen LogP contribution >= 0.6 is 21.6 Å². The van der Waals surface area contributed by atoms with Crippen LogP contribution in [-0.2, 0) is 44.8 Å². The van der Waals surface area contributed by atoms with Crippen LogP contribution in [0.4, 0.5) is 0 Å². The smallest absolute Gasteiger partial charge is 0.305 e. The third kappa shape index (κ3) is 13.6. The molecule has 2 saturated heterocycles. The van der Waals surface area contributed by atoms with Crippen molar-refractivity contribution in [1.82, 2.24) is 36.5 Å². The molecule has 2 aliphatic heterocycles. The number of hydrogen-bond acceptors (Lipinski definition) is 11. The number of nitrogens with two attached hydrogens (primary N) is 3. The molecule has 2 aliphatic rings. The Morgan fingerprint density at radius 1 is 0.877 bits per heavy atom. The average molecular weight is 832 g/mol. The maximum absolute atomic E-state index is 14.3. The van der Waals surface area contributed by atoms with Crippen molar-refractivity contribution in [3.63, 3.8) is 0 Å². The molecule has 0 bridgehead atoms. The summed E-state index contributed by atoms with van der Waals surface area (Å²) in [5.74, 6) is -6.35. The molecule has 0 saturated carbocycles. The van der Waals surface area contributed by atoms with Gasteiger partial charge in [0.1, 0.15) is 30.2 Å². The van der Waals surface area contributed by atoms with E-state index in [4.69, 9.17) is 17.2 Å². The molecule has 20 nitrogen and oxygen atoms in total. The first-order chi connectivity index (χ1) is 27.2. The van der Waals surface area contributed by atoms with Crippen molar-refractivity contribution in [2.75, 3.05) is 31.1 Å². The topological polar surface area (TPSA) is 326 Å². The van der Waals surface area contributed by atoms with E-state index < -0.39 is 90.5 Å². The van der Waals surface area contributed by atoms with Crippen molar-refractivity contribution in [2.24, 2.45) is 22.2 Å². The number of carbonyl (C=O) groups excluding carboxylic acids is 7. The summed E-state index contributed by atoms with van der Waals surface area (Å²) in [6.45, 7) is -0.233. The number of guanidine groups is 1. The van der Waals surface area contributed by atoms with Gasteiger partial charge in [0.2, 0.25) is 41.4 Å². The Bertz CT molecular complexity index is 1840. The van der Waals surface area contributed by atoms with Gasteiger partial charge in [0, 0.05) is 54.5 Å². The lowest BCUT2D eigenvalue weighted by Gasteiger charge is -2.30. The highest BCUT2D eigenvalue weighted by atomic mass is 33.1. The Morgan fingerprint density at radius 2 is 1.63 bits per heavy atom. The third-order valence-electron chi connectivity index (χ3n) is 9.24. The van der Waals surface area contributed by atoms with Gasteiger partial charge in [0.05, 0.1) is 13.0 Å². The molecule has 1 aromatic carbocycles. The number of nitrogens with one attached hydrogen (secondary N) is 6. The zero-order valence-electron chi connectivity index (χ0n) is 31.1. The fourth-order valence-electron chi connectivity index (χ4n) is 6.39. The number of carbonyl (C=O) groups is 8. The standard InChI is InChI=1S/C35H49N11O9S2/c36-30(51)25-18-57-56-13-10-27(47)42-22(8-3-4-11-39-35(37)38)31(52)41-17-28(48)43-23(15-29(49)50)32(53)44-24(14-19-16-40-21-7-2-1-6-20(19)21)34(55)46-12-5-9-26(46)33(54)45-25/h1-2,6-7,16,22-26,40H,3-5,8-15,17-18H2,(H2,36,51)(H,41,52)(H,42,47)(H,43,48)(H,44,53)(H,45,54)(H,49,50)(H4,37,38,39)/t22?,23-,24-,25-,26-/m0/s1. The predicted molar refractivity (Wildman–Crippen MR) is 213 cm³/mol. The summed E-state index contributed by atoms with van der Waals surface area (Å²) >= 11 is 0. The number of aromatic amines is 1. The summed E-state index contributed by atoms with van der Waals surface area (Å²) in [5, 5.41) is 23.1. The molecular formula is C35H49N11O9S2. The van der Waals surface area contributed by atoms with Crippen LogP contribution in [0.25, 0.3) is 10.9 Å². The molecule has 0 radical (unpaired) electrons. The van der Waals surface area contributed by atoms with Crippen LogP contribution in [0.5, 0.6) is 0 Å². The largest absolute Gasteiger partial charge is 0.481 e. The van der Waals surface area contributed by atoms with Gasteiger partial charge in [-0.2, -0.15) is 0 Å². The van der Waals surface area contributed by atoms with Crippen molar-refractivity contribution >= 4 is 85.8 Å². The van der Waals surface area contributed by atoms with Gasteiger partial charge in [-0.25, -0.2) is 0 Å². The van der Waals surface area contributed by atoms with Gasteiger partial charge in [-0.15, -0.1) is 0 Å². The second-order valence-electron chi connectivity index (χ2n) is 13.5. The summed E-state index contributed by atoms with van der Waals surface area (Å²) in [4.78, 5) is 114. The molecule has 4 rings (SSSR count). The highest BCUT2D eigenvalue weighted by Gasteiger charge is 2.40. The average Bonchev–Trinajstić information content (AvgIpc) is 3.82. The zero-order chi connectivity index (χ0) is 41.5. The quantitative estimate of drug-likeness (QED) is 0.0534. The molecule has 2 aromatic rings. The lowest BCUT2D eigenvalue weighted by molar-refractivity contribution is -0.143. The SMILES string of the molecule is NC(=O)[C@@H]1CSSCCC(=O)NC(CCCCN=C(N)N)C(=O)NCC(=O)N[C@@H](CC(=O)O)C(=O)N[C@@H](Cc2c[nH]c3ccccc23)C(=O)N2CCC[C@H]2C(=O)N1. The van der Waals surface area contributed by atoms with E-state index >= 15 is 0 Å². The molecule has 22 heteroatoms. The molecule has 3 heterocycles. The highest BCUT2D eigenvalue weighted by Crippen LogP contribution is 2.25. The van der Waals surface area contributed by atoms with Crippen LogP contribution in [0.2, 0.25) is 0 Å². The second kappa shape index (κ2) is 21.7. The number of unbranched alkanes of at least 4 members (excludes halogenated alkanes) is 1. The summed E-state index contributed by atoms with van der Waals surface area (Å²) in [7, 11) is 2.45. The number of amides is 7. The number of H-pyrrole nitrogens is 1. The number of hydrogen-bond donors (Lipinski definition) is 10. The maximum atomic E-state index is 14.3. The van der Waals surface area contributed by atoms with E-state index in [1.807, 2.05) is 18.2 Å². The van der Waals surface area contributed by atoms with Crippen molar-refractivity contribution in [1.29, 1.82) is 0 Å². The first-order valence-electron chi connectivity index (χ1n) is 18.4. The fraction of sp³-hybridized carbons (Fsp3) is 0.514. The van der Waals surface area contributed by atoms with E-state index in [1.165, 1.54) is 26.5 Å². The Labute approximate surface area is 335 Å². The van der Waals surface area contributed by atoms with E-state index in [2.05, 4.69) is 36.6 Å². The van der Waals surface area contributed by atoms with Gasteiger partial charge in [0.15, 0.2) is 5.96 Å². The van der Waals surface area contributed by atoms with Crippen LogP contribution in [0, 0.1) is 0 Å². The number of aromatic nitrogens is 1. The van der Waals surface area contributed by atoms with Crippen molar-refractivity contribution in [3.8, 4) is 0 Å². The minimum Gasteiger partial charge on any atom is -0.481 e. The van der Waals surface area contributed by atoms with E-state index in [-0.39, 0.29) is 56.2 Å². The summed E-state index contributed by atoms with van der Waals surface area (Å²) in [6, 6.07) is 1.07. The Balaban J connectivity index is 1.61. The van der Waals surface area contributed by atoms with Gasteiger partial charge in [-0.05, 0) is 43.7 Å². The molecule has 13 N–H and O–H groups in total. The Hall–Kier alpha value is -5.51. The van der Waals surface area contributed by atoms with Gasteiger partial charge >= 0.3 is 5.97 Å². The van der Waals surface area contributed by atoms with Gasteiger partial charge in [0.25, 0.3) is 0 Å². The number of nitrogens with zero attached hydrogens (tertiary/aromatic N) is 2. The second-order valence-corrected chi connectivity index (χ2v) is 16.1. The first kappa shape index (κ1) is 44.2. The molecule has 7 amide bonds. The van der Waals surface area contributed by atoms with Crippen LogP contribution in [-0.4, -0.2) is 130 Å².